The summed E-state index contributed by atoms with van der Waals surface area (Å²) in [5.41, 5.74) is 0. The molecule has 11 heavy (non-hydrogen) atoms. The fraction of sp³-hybridized carbons (Fsp3) is 0.800. The second-order valence-electron chi connectivity index (χ2n) is 3.21. The van der Waals surface area contributed by atoms with Crippen molar-refractivity contribution >= 4 is 0 Å². The van der Waals surface area contributed by atoms with Crippen LogP contribution in [0, 0.1) is 0 Å². The van der Waals surface area contributed by atoms with E-state index in [1.807, 2.05) is 0 Å². The molecule has 0 radical (unpaired) electrons. The predicted octanol–water partition coefficient (Wildman–Crippen LogP) is 2.49. The maximum Gasteiger partial charge on any atom is -0.00460 e. The van der Waals surface area contributed by atoms with Crippen molar-refractivity contribution in [3.8, 4) is 0 Å². The van der Waals surface area contributed by atoms with Crippen molar-refractivity contribution in [2.24, 2.45) is 0 Å². The summed E-state index contributed by atoms with van der Waals surface area (Å²) in [6.07, 6.45) is 12.6. The molecule has 1 heteroatoms. The van der Waals surface area contributed by atoms with Gasteiger partial charge >= 0.3 is 0 Å². The first-order chi connectivity index (χ1) is 5.50. The van der Waals surface area contributed by atoms with Crippen LogP contribution in [0.15, 0.2) is 12.2 Å². The minimum Gasteiger partial charge on any atom is -0.317 e. The third kappa shape index (κ3) is 5.02. The quantitative estimate of drug-likeness (QED) is 0.527. The monoisotopic (exact) mass is 153 g/mol. The second kappa shape index (κ2) is 6.41. The van der Waals surface area contributed by atoms with Crippen LogP contribution in [0.25, 0.3) is 0 Å². The molecule has 0 fully saturated rings. The van der Waals surface area contributed by atoms with Gasteiger partial charge in [-0.3, -0.25) is 0 Å². The molecule has 0 unspecified atom stereocenters. The number of allylic oxidation sites excluding steroid dienone is 2. The summed E-state index contributed by atoms with van der Waals surface area (Å²) in [6.45, 7) is 2.42. The highest BCUT2D eigenvalue weighted by atomic mass is 14.8. The van der Waals surface area contributed by atoms with Gasteiger partial charge in [0.1, 0.15) is 0 Å². The molecule has 0 amide bonds. The molecule has 1 nitrogen and oxygen atoms in total. The van der Waals surface area contributed by atoms with Crippen LogP contribution in [0.5, 0.6) is 0 Å². The molecule has 0 aliphatic carbocycles. The molecule has 0 atom stereocenters. The first-order valence-electron chi connectivity index (χ1n) is 4.86. The molecule has 0 aromatic carbocycles. The van der Waals surface area contributed by atoms with Crippen molar-refractivity contribution < 1.29 is 0 Å². The lowest BCUT2D eigenvalue weighted by molar-refractivity contribution is 0.599. The fourth-order valence-corrected chi connectivity index (χ4v) is 1.39. The van der Waals surface area contributed by atoms with Crippen molar-refractivity contribution in [2.45, 2.75) is 38.5 Å². The maximum absolute atomic E-state index is 3.45. The Labute approximate surface area is 69.9 Å². The van der Waals surface area contributed by atoms with Gasteiger partial charge < -0.3 is 5.32 Å². The van der Waals surface area contributed by atoms with Crippen LogP contribution >= 0.6 is 0 Å². The Bertz CT molecular complexity index is 95.4. The standard InChI is InChI=1S/C10H19N/c1-2-4-6-8-10-11-9-7-5-3-1/h1,3,11H,2,4-10H2/b3-1-. The minimum atomic E-state index is 1.20. The van der Waals surface area contributed by atoms with Gasteiger partial charge in [-0.1, -0.05) is 18.6 Å². The van der Waals surface area contributed by atoms with Gasteiger partial charge in [-0.15, -0.1) is 0 Å². The van der Waals surface area contributed by atoms with E-state index in [9.17, 15) is 0 Å². The molecule has 1 heterocycles. The van der Waals surface area contributed by atoms with Crippen LogP contribution < -0.4 is 5.32 Å². The van der Waals surface area contributed by atoms with Gasteiger partial charge in [-0.2, -0.15) is 0 Å². The summed E-state index contributed by atoms with van der Waals surface area (Å²) >= 11 is 0. The SMILES string of the molecule is C1=C\CCCNCCCCC/1. The van der Waals surface area contributed by atoms with E-state index in [1.54, 1.807) is 0 Å². The number of rotatable bonds is 0. The van der Waals surface area contributed by atoms with Crippen molar-refractivity contribution in [3.63, 3.8) is 0 Å². The van der Waals surface area contributed by atoms with Gasteiger partial charge in [0.05, 0.1) is 0 Å². The van der Waals surface area contributed by atoms with Crippen LogP contribution in [-0.2, 0) is 0 Å². The lowest BCUT2D eigenvalue weighted by atomic mass is 10.2. The molecule has 0 spiro atoms. The maximum atomic E-state index is 3.45. The Balaban J connectivity index is 2.11. The van der Waals surface area contributed by atoms with E-state index in [4.69, 9.17) is 0 Å². The van der Waals surface area contributed by atoms with Crippen LogP contribution in [0.2, 0.25) is 0 Å². The molecular weight excluding hydrogens is 134 g/mol. The number of nitrogens with one attached hydrogen (secondary N) is 1. The Hall–Kier alpha value is -0.300. The van der Waals surface area contributed by atoms with Crippen molar-refractivity contribution in [2.75, 3.05) is 13.1 Å². The molecular formula is C10H19N. The molecule has 0 aromatic rings. The van der Waals surface area contributed by atoms with Crippen LogP contribution in [0.4, 0.5) is 0 Å². The number of hydrogen-bond donors (Lipinski definition) is 1. The highest BCUT2D eigenvalue weighted by molar-refractivity contribution is 4.81. The third-order valence-corrected chi connectivity index (χ3v) is 2.12. The molecule has 0 aromatic heterocycles. The average molecular weight is 153 g/mol. The van der Waals surface area contributed by atoms with Crippen molar-refractivity contribution in [1.29, 1.82) is 0 Å². The Morgan fingerprint density at radius 3 is 2.36 bits per heavy atom. The molecule has 1 aliphatic heterocycles. The van der Waals surface area contributed by atoms with Crippen molar-refractivity contribution in [3.05, 3.63) is 12.2 Å². The average Bonchev–Trinajstić information content (AvgIpc) is 2.08. The normalized spacial score (nSPS) is 25.5. The molecule has 1 N–H and O–H groups in total. The first-order valence-corrected chi connectivity index (χ1v) is 4.86. The fourth-order valence-electron chi connectivity index (χ4n) is 1.39. The zero-order valence-electron chi connectivity index (χ0n) is 7.31. The summed E-state index contributed by atoms with van der Waals surface area (Å²) in [4.78, 5) is 0. The van der Waals surface area contributed by atoms with Gasteiger partial charge in [0.2, 0.25) is 0 Å². The van der Waals surface area contributed by atoms with Crippen molar-refractivity contribution in [1.82, 2.24) is 5.32 Å². The van der Waals surface area contributed by atoms with E-state index < -0.39 is 0 Å². The van der Waals surface area contributed by atoms with Crippen LogP contribution in [-0.4, -0.2) is 13.1 Å². The van der Waals surface area contributed by atoms with Crippen LogP contribution in [0.1, 0.15) is 38.5 Å². The van der Waals surface area contributed by atoms with E-state index in [2.05, 4.69) is 17.5 Å². The molecule has 0 saturated heterocycles. The zero-order valence-corrected chi connectivity index (χ0v) is 7.31. The lowest BCUT2D eigenvalue weighted by Crippen LogP contribution is -2.16. The first kappa shape index (κ1) is 8.79. The van der Waals surface area contributed by atoms with E-state index in [0.717, 1.165) is 0 Å². The largest absolute Gasteiger partial charge is 0.317 e. The summed E-state index contributed by atoms with van der Waals surface area (Å²) < 4.78 is 0. The van der Waals surface area contributed by atoms with Gasteiger partial charge in [0.25, 0.3) is 0 Å². The molecule has 0 saturated carbocycles. The summed E-state index contributed by atoms with van der Waals surface area (Å²) in [5, 5.41) is 3.45. The van der Waals surface area contributed by atoms with Gasteiger partial charge in [-0.25, -0.2) is 0 Å². The van der Waals surface area contributed by atoms with Gasteiger partial charge in [-0.05, 0) is 45.2 Å². The topological polar surface area (TPSA) is 12.0 Å². The molecule has 1 rings (SSSR count). The van der Waals surface area contributed by atoms with E-state index in [-0.39, 0.29) is 0 Å². The molecule has 1 aliphatic rings. The molecule has 64 valence electrons. The number of hydrogen-bond acceptors (Lipinski definition) is 1. The molecule has 0 bridgehead atoms. The second-order valence-corrected chi connectivity index (χ2v) is 3.21. The minimum absolute atomic E-state index is 1.20. The Kier molecular flexibility index (Phi) is 5.13. The van der Waals surface area contributed by atoms with E-state index in [0.29, 0.717) is 0 Å². The summed E-state index contributed by atoms with van der Waals surface area (Å²) in [6, 6.07) is 0. The van der Waals surface area contributed by atoms with Gasteiger partial charge in [0.15, 0.2) is 0 Å². The smallest absolute Gasteiger partial charge is 0.00460 e. The summed E-state index contributed by atoms with van der Waals surface area (Å²) in [5.74, 6) is 0. The highest BCUT2D eigenvalue weighted by Crippen LogP contribution is 2.02. The van der Waals surface area contributed by atoms with E-state index >= 15 is 0 Å². The van der Waals surface area contributed by atoms with Gasteiger partial charge in [0, 0.05) is 0 Å². The third-order valence-electron chi connectivity index (χ3n) is 2.12. The van der Waals surface area contributed by atoms with E-state index in [1.165, 1.54) is 51.6 Å². The Morgan fingerprint density at radius 1 is 0.727 bits per heavy atom. The Morgan fingerprint density at radius 2 is 1.45 bits per heavy atom. The zero-order chi connectivity index (χ0) is 7.78. The van der Waals surface area contributed by atoms with Crippen LogP contribution in [0.3, 0.4) is 0 Å². The summed E-state index contributed by atoms with van der Waals surface area (Å²) in [7, 11) is 0. The predicted molar refractivity (Wildman–Crippen MR) is 49.7 cm³/mol. The lowest BCUT2D eigenvalue weighted by Gasteiger charge is -2.01. The highest BCUT2D eigenvalue weighted by Gasteiger charge is 1.90.